The Morgan fingerprint density at radius 1 is 1.22 bits per heavy atom. The lowest BCUT2D eigenvalue weighted by Crippen LogP contribution is -2.47. The second kappa shape index (κ2) is 5.31. The van der Waals surface area contributed by atoms with E-state index in [9.17, 15) is 0 Å². The summed E-state index contributed by atoms with van der Waals surface area (Å²) in [5.41, 5.74) is 4.61. The van der Waals surface area contributed by atoms with Gasteiger partial charge in [0.25, 0.3) is 0 Å². The molecule has 2 nitrogen and oxygen atoms in total. The van der Waals surface area contributed by atoms with Crippen LogP contribution < -0.4 is 10.2 Å². The van der Waals surface area contributed by atoms with Crippen molar-refractivity contribution >= 4 is 5.69 Å². The zero-order chi connectivity index (χ0) is 13.2. The Hall–Kier alpha value is -1.02. The van der Waals surface area contributed by atoms with Crippen LogP contribution in [0.5, 0.6) is 0 Å². The van der Waals surface area contributed by atoms with E-state index in [1.807, 2.05) is 0 Å². The Bertz CT molecular complexity index is 408. The van der Waals surface area contributed by atoms with Crippen molar-refractivity contribution in [3.8, 4) is 0 Å². The van der Waals surface area contributed by atoms with Gasteiger partial charge in [-0.2, -0.15) is 0 Å². The third kappa shape index (κ3) is 2.69. The lowest BCUT2D eigenvalue weighted by atomic mass is 9.68. The van der Waals surface area contributed by atoms with Crippen LogP contribution in [0.4, 0.5) is 5.69 Å². The molecular weight excluding hydrogens is 220 g/mol. The minimum Gasteiger partial charge on any atom is -0.374 e. The highest BCUT2D eigenvalue weighted by atomic mass is 15.1. The molecule has 2 rings (SSSR count). The van der Waals surface area contributed by atoms with Crippen molar-refractivity contribution in [2.24, 2.45) is 5.41 Å². The molecule has 0 bridgehead atoms. The summed E-state index contributed by atoms with van der Waals surface area (Å²) in [6.45, 7) is 6.67. The molecule has 0 radical (unpaired) electrons. The summed E-state index contributed by atoms with van der Waals surface area (Å²) in [5.74, 6) is 0. The number of rotatable bonds is 5. The molecule has 1 aromatic rings. The zero-order valence-corrected chi connectivity index (χ0v) is 12.2. The van der Waals surface area contributed by atoms with E-state index in [2.05, 4.69) is 56.4 Å². The lowest BCUT2D eigenvalue weighted by molar-refractivity contribution is 0.143. The molecule has 1 aromatic carbocycles. The molecule has 2 heteroatoms. The van der Waals surface area contributed by atoms with E-state index in [1.54, 1.807) is 0 Å². The SMILES string of the molecule is CNCC1(CN(C)c2ccc(C)c(C)c2)CCC1. The number of hydrogen-bond acceptors (Lipinski definition) is 2. The monoisotopic (exact) mass is 246 g/mol. The second-order valence-electron chi connectivity index (χ2n) is 6.01. The highest BCUT2D eigenvalue weighted by Crippen LogP contribution is 2.41. The van der Waals surface area contributed by atoms with E-state index in [4.69, 9.17) is 0 Å². The zero-order valence-electron chi connectivity index (χ0n) is 12.2. The Kier molecular flexibility index (Phi) is 3.96. The van der Waals surface area contributed by atoms with Gasteiger partial charge in [-0.15, -0.1) is 0 Å². The van der Waals surface area contributed by atoms with Crippen LogP contribution in [0, 0.1) is 19.3 Å². The third-order valence-corrected chi connectivity index (χ3v) is 4.47. The molecule has 0 aromatic heterocycles. The first kappa shape index (κ1) is 13.4. The maximum atomic E-state index is 3.36. The minimum absolute atomic E-state index is 0.502. The van der Waals surface area contributed by atoms with Crippen LogP contribution in [0.1, 0.15) is 30.4 Å². The van der Waals surface area contributed by atoms with Gasteiger partial charge in [0.1, 0.15) is 0 Å². The summed E-state index contributed by atoms with van der Waals surface area (Å²) in [7, 11) is 4.29. The fraction of sp³-hybridized carbons (Fsp3) is 0.625. The molecule has 0 atom stereocenters. The van der Waals surface area contributed by atoms with Crippen molar-refractivity contribution < 1.29 is 0 Å². The molecule has 18 heavy (non-hydrogen) atoms. The molecular formula is C16H26N2. The van der Waals surface area contributed by atoms with Crippen LogP contribution in [0.3, 0.4) is 0 Å². The van der Waals surface area contributed by atoms with E-state index in [-0.39, 0.29) is 0 Å². The van der Waals surface area contributed by atoms with Gasteiger partial charge in [0, 0.05) is 31.2 Å². The normalized spacial score (nSPS) is 17.3. The summed E-state index contributed by atoms with van der Waals surface area (Å²) in [6, 6.07) is 6.78. The van der Waals surface area contributed by atoms with Gasteiger partial charge in [-0.1, -0.05) is 12.5 Å². The summed E-state index contributed by atoms with van der Waals surface area (Å²) in [5, 5.41) is 3.36. The molecule has 1 aliphatic carbocycles. The van der Waals surface area contributed by atoms with E-state index < -0.39 is 0 Å². The van der Waals surface area contributed by atoms with Crippen molar-refractivity contribution in [1.29, 1.82) is 0 Å². The van der Waals surface area contributed by atoms with Gasteiger partial charge in [0.05, 0.1) is 0 Å². The Balaban J connectivity index is 2.06. The van der Waals surface area contributed by atoms with Crippen molar-refractivity contribution in [1.82, 2.24) is 5.32 Å². The summed E-state index contributed by atoms with van der Waals surface area (Å²) >= 11 is 0. The number of aryl methyl sites for hydroxylation is 2. The van der Waals surface area contributed by atoms with Gasteiger partial charge < -0.3 is 10.2 Å². The number of nitrogens with one attached hydrogen (secondary N) is 1. The number of benzene rings is 1. The fourth-order valence-electron chi connectivity index (χ4n) is 3.00. The predicted octanol–water partition coefficient (Wildman–Crippen LogP) is 3.13. The van der Waals surface area contributed by atoms with Gasteiger partial charge in [0.15, 0.2) is 0 Å². The van der Waals surface area contributed by atoms with E-state index >= 15 is 0 Å². The van der Waals surface area contributed by atoms with Crippen LogP contribution in [-0.2, 0) is 0 Å². The van der Waals surface area contributed by atoms with Crippen LogP contribution in [0.25, 0.3) is 0 Å². The quantitative estimate of drug-likeness (QED) is 0.858. The molecule has 0 unspecified atom stereocenters. The molecule has 0 amide bonds. The van der Waals surface area contributed by atoms with Gasteiger partial charge >= 0.3 is 0 Å². The largest absolute Gasteiger partial charge is 0.374 e. The molecule has 0 heterocycles. The smallest absolute Gasteiger partial charge is 0.0366 e. The molecule has 100 valence electrons. The second-order valence-corrected chi connectivity index (χ2v) is 6.01. The third-order valence-electron chi connectivity index (χ3n) is 4.47. The van der Waals surface area contributed by atoms with E-state index in [0.29, 0.717) is 5.41 Å². The van der Waals surface area contributed by atoms with Gasteiger partial charge in [-0.05, 0) is 57.0 Å². The summed E-state index contributed by atoms with van der Waals surface area (Å²) in [6.07, 6.45) is 4.12. The van der Waals surface area contributed by atoms with E-state index in [1.165, 1.54) is 36.1 Å². The topological polar surface area (TPSA) is 15.3 Å². The average molecular weight is 246 g/mol. The van der Waals surface area contributed by atoms with E-state index in [0.717, 1.165) is 13.1 Å². The predicted molar refractivity (Wildman–Crippen MR) is 79.4 cm³/mol. The number of anilines is 1. The molecule has 1 saturated carbocycles. The maximum absolute atomic E-state index is 3.36. The fourth-order valence-corrected chi connectivity index (χ4v) is 3.00. The first-order valence-electron chi connectivity index (χ1n) is 6.99. The average Bonchev–Trinajstić information content (AvgIpc) is 2.30. The number of nitrogens with zero attached hydrogens (tertiary/aromatic N) is 1. The number of hydrogen-bond donors (Lipinski definition) is 1. The summed E-state index contributed by atoms with van der Waals surface area (Å²) < 4.78 is 0. The first-order chi connectivity index (χ1) is 8.56. The van der Waals surface area contributed by atoms with Crippen molar-refractivity contribution in [3.63, 3.8) is 0 Å². The molecule has 0 saturated heterocycles. The van der Waals surface area contributed by atoms with Crippen LogP contribution in [0.15, 0.2) is 18.2 Å². The Labute approximate surface area is 111 Å². The van der Waals surface area contributed by atoms with Gasteiger partial charge in [0.2, 0.25) is 0 Å². The van der Waals surface area contributed by atoms with Crippen LogP contribution >= 0.6 is 0 Å². The summed E-state index contributed by atoms with van der Waals surface area (Å²) in [4.78, 5) is 2.42. The van der Waals surface area contributed by atoms with Gasteiger partial charge in [-0.25, -0.2) is 0 Å². The molecule has 0 aliphatic heterocycles. The Morgan fingerprint density at radius 2 is 1.94 bits per heavy atom. The van der Waals surface area contributed by atoms with Crippen LogP contribution in [-0.4, -0.2) is 27.2 Å². The van der Waals surface area contributed by atoms with Crippen molar-refractivity contribution in [3.05, 3.63) is 29.3 Å². The highest BCUT2D eigenvalue weighted by Gasteiger charge is 2.37. The molecule has 1 fully saturated rings. The lowest BCUT2D eigenvalue weighted by Gasteiger charge is -2.45. The first-order valence-corrected chi connectivity index (χ1v) is 6.99. The van der Waals surface area contributed by atoms with Gasteiger partial charge in [-0.3, -0.25) is 0 Å². The van der Waals surface area contributed by atoms with Crippen LogP contribution in [0.2, 0.25) is 0 Å². The minimum atomic E-state index is 0.502. The highest BCUT2D eigenvalue weighted by molar-refractivity contribution is 5.50. The standard InChI is InChI=1S/C16H26N2/c1-13-6-7-15(10-14(13)2)18(4)12-16(11-17-3)8-5-9-16/h6-7,10,17H,5,8-9,11-12H2,1-4H3. The Morgan fingerprint density at radius 3 is 2.44 bits per heavy atom. The van der Waals surface area contributed by atoms with Crippen molar-refractivity contribution in [2.75, 3.05) is 32.1 Å². The van der Waals surface area contributed by atoms with Crippen molar-refractivity contribution in [2.45, 2.75) is 33.1 Å². The molecule has 1 N–H and O–H groups in total. The maximum Gasteiger partial charge on any atom is 0.0366 e. The molecule has 1 aliphatic rings. The molecule has 0 spiro atoms.